The molecule has 10 heteroatoms. The van der Waals surface area contributed by atoms with Crippen LogP contribution in [0.3, 0.4) is 0 Å². The van der Waals surface area contributed by atoms with E-state index in [1.165, 1.54) is 19.1 Å². The van der Waals surface area contributed by atoms with Crippen LogP contribution in [0.1, 0.15) is 83.9 Å². The van der Waals surface area contributed by atoms with Gasteiger partial charge < -0.3 is 14.5 Å². The van der Waals surface area contributed by atoms with Gasteiger partial charge in [0.1, 0.15) is 5.82 Å². The molecule has 3 fully saturated rings. The summed E-state index contributed by atoms with van der Waals surface area (Å²) in [5.41, 5.74) is 4.84. The summed E-state index contributed by atoms with van der Waals surface area (Å²) < 4.78 is 31.9. The van der Waals surface area contributed by atoms with Crippen molar-refractivity contribution in [3.63, 3.8) is 0 Å². The number of rotatable bonds is 7. The smallest absolute Gasteiger partial charge is 0.254 e. The van der Waals surface area contributed by atoms with E-state index in [9.17, 15) is 13.2 Å². The second-order valence-corrected chi connectivity index (χ2v) is 13.3. The maximum absolute atomic E-state index is 14.1. The highest BCUT2D eigenvalue weighted by Gasteiger charge is 2.33. The van der Waals surface area contributed by atoms with E-state index < -0.39 is 9.84 Å². The number of anilines is 1. The topological polar surface area (TPSA) is 97.1 Å². The Kier molecular flexibility index (Phi) is 7.09. The van der Waals surface area contributed by atoms with E-state index in [0.29, 0.717) is 36.8 Å². The van der Waals surface area contributed by atoms with Crippen LogP contribution in [0.2, 0.25) is 0 Å². The van der Waals surface area contributed by atoms with Crippen molar-refractivity contribution in [2.24, 2.45) is 0 Å². The minimum atomic E-state index is -3.30. The van der Waals surface area contributed by atoms with E-state index in [-0.39, 0.29) is 17.7 Å². The normalized spacial score (nSPS) is 20.5. The maximum Gasteiger partial charge on any atom is 0.254 e. The molecule has 2 aliphatic heterocycles. The van der Waals surface area contributed by atoms with Gasteiger partial charge in [0, 0.05) is 55.2 Å². The van der Waals surface area contributed by atoms with E-state index in [0.717, 1.165) is 67.2 Å². The largest absolute Gasteiger partial charge is 0.378 e. The van der Waals surface area contributed by atoms with Gasteiger partial charge in [-0.2, -0.15) is 9.61 Å². The number of carbonyl (C=O) groups is 1. The number of ether oxygens (including phenoxy) is 1. The third-order valence-electron chi connectivity index (χ3n) is 8.11. The van der Waals surface area contributed by atoms with Gasteiger partial charge in [0.05, 0.1) is 30.7 Å². The number of hydrogen-bond acceptors (Lipinski definition) is 7. The zero-order valence-corrected chi connectivity index (χ0v) is 23.6. The summed E-state index contributed by atoms with van der Waals surface area (Å²) in [6.45, 7) is 5.65. The minimum absolute atomic E-state index is 0.120. The summed E-state index contributed by atoms with van der Waals surface area (Å²) >= 11 is 0. The molecule has 208 valence electrons. The number of nitrogens with zero attached hydrogens (tertiary/aromatic N) is 5. The maximum atomic E-state index is 14.1. The fraction of sp³-hybridized carbons (Fsp3) is 0.552. The molecule has 9 nitrogen and oxygen atoms in total. The predicted octanol–water partition coefficient (Wildman–Crippen LogP) is 3.92. The van der Waals surface area contributed by atoms with E-state index in [4.69, 9.17) is 14.8 Å². The predicted molar refractivity (Wildman–Crippen MR) is 150 cm³/mol. The molecule has 6 rings (SSSR count). The Morgan fingerprint density at radius 1 is 1.03 bits per heavy atom. The first-order valence-corrected chi connectivity index (χ1v) is 16.2. The second kappa shape index (κ2) is 10.5. The number of hydrogen-bond donors (Lipinski definition) is 0. The molecule has 2 aromatic heterocycles. The first-order chi connectivity index (χ1) is 18.8. The van der Waals surface area contributed by atoms with Crippen LogP contribution in [0.4, 0.5) is 5.82 Å². The molecule has 4 heterocycles. The zero-order chi connectivity index (χ0) is 27.1. The molecule has 1 saturated carbocycles. The average Bonchev–Trinajstić information content (AvgIpc) is 3.70. The van der Waals surface area contributed by atoms with Crippen molar-refractivity contribution in [2.75, 3.05) is 44.0 Å². The van der Waals surface area contributed by atoms with Crippen LogP contribution in [0.25, 0.3) is 5.65 Å². The second-order valence-electron chi connectivity index (χ2n) is 11.2. The van der Waals surface area contributed by atoms with Crippen molar-refractivity contribution in [2.45, 2.75) is 63.2 Å². The molecule has 1 atom stereocenters. The summed E-state index contributed by atoms with van der Waals surface area (Å²) in [6, 6.07) is 9.64. The fourth-order valence-electron chi connectivity index (χ4n) is 5.85. The summed E-state index contributed by atoms with van der Waals surface area (Å²) in [5, 5.41) is 5.06. The first-order valence-electron chi connectivity index (χ1n) is 14.1. The van der Waals surface area contributed by atoms with E-state index in [1.807, 2.05) is 34.5 Å². The summed E-state index contributed by atoms with van der Waals surface area (Å²) in [7, 11) is -3.30. The minimum Gasteiger partial charge on any atom is -0.378 e. The number of aromatic nitrogens is 3. The zero-order valence-electron chi connectivity index (χ0n) is 22.8. The Bertz CT molecular complexity index is 1490. The highest BCUT2D eigenvalue weighted by Crippen LogP contribution is 2.41. The monoisotopic (exact) mass is 551 g/mol. The van der Waals surface area contributed by atoms with Crippen LogP contribution in [-0.2, 0) is 26.7 Å². The van der Waals surface area contributed by atoms with Crippen molar-refractivity contribution in [3.8, 4) is 0 Å². The van der Waals surface area contributed by atoms with Crippen molar-refractivity contribution in [3.05, 3.63) is 58.4 Å². The summed E-state index contributed by atoms with van der Waals surface area (Å²) in [4.78, 5) is 23.3. The van der Waals surface area contributed by atoms with Gasteiger partial charge in [-0.05, 0) is 55.7 Å². The molecule has 0 unspecified atom stereocenters. The molecule has 0 bridgehead atoms. The number of piperidine rings is 1. The van der Waals surface area contributed by atoms with Gasteiger partial charge >= 0.3 is 0 Å². The van der Waals surface area contributed by atoms with Crippen LogP contribution >= 0.6 is 0 Å². The standard InChI is InChI=1S/C29H37N5O4S/c1-3-20-7-8-22(19-39(2,36)37)23(16-20)29(35)33-11-5-4-6-26(33)25-17-27-30-24(21-9-10-21)18-28(34(27)31-25)32-12-14-38-15-13-32/h7-8,16-18,21,26H,3-6,9-15,19H2,1-2H3/t26-/m0/s1. The van der Waals surface area contributed by atoms with Crippen molar-refractivity contribution in [1.82, 2.24) is 19.5 Å². The Morgan fingerprint density at radius 3 is 2.54 bits per heavy atom. The first kappa shape index (κ1) is 26.3. The molecule has 1 aliphatic carbocycles. The van der Waals surface area contributed by atoms with E-state index >= 15 is 0 Å². The number of aryl methyl sites for hydroxylation is 1. The number of benzene rings is 1. The quantitative estimate of drug-likeness (QED) is 0.439. The highest BCUT2D eigenvalue weighted by molar-refractivity contribution is 7.89. The number of carbonyl (C=O) groups excluding carboxylic acids is 1. The van der Waals surface area contributed by atoms with Gasteiger partial charge in [0.25, 0.3) is 5.91 Å². The van der Waals surface area contributed by atoms with E-state index in [1.54, 1.807) is 6.07 Å². The molecule has 0 N–H and O–H groups in total. The molecule has 39 heavy (non-hydrogen) atoms. The molecule has 1 aromatic carbocycles. The molecule has 0 radical (unpaired) electrons. The Morgan fingerprint density at radius 2 is 1.82 bits per heavy atom. The summed E-state index contributed by atoms with van der Waals surface area (Å²) in [6.07, 6.45) is 7.05. The Balaban J connectivity index is 1.38. The fourth-order valence-corrected chi connectivity index (χ4v) is 6.67. The number of morpholine rings is 1. The lowest BCUT2D eigenvalue weighted by molar-refractivity contribution is 0.0604. The van der Waals surface area contributed by atoms with Crippen LogP contribution in [0.5, 0.6) is 0 Å². The van der Waals surface area contributed by atoms with Crippen LogP contribution in [0.15, 0.2) is 30.3 Å². The van der Waals surface area contributed by atoms with Gasteiger partial charge in [-0.15, -0.1) is 0 Å². The number of likely N-dealkylation sites (tertiary alicyclic amines) is 1. The van der Waals surface area contributed by atoms with Gasteiger partial charge in [-0.3, -0.25) is 4.79 Å². The van der Waals surface area contributed by atoms with Crippen LogP contribution in [0, 0.1) is 0 Å². The molecular formula is C29H37N5O4S. The molecule has 0 spiro atoms. The van der Waals surface area contributed by atoms with Gasteiger partial charge in [0.2, 0.25) is 0 Å². The van der Waals surface area contributed by atoms with Crippen LogP contribution < -0.4 is 4.90 Å². The van der Waals surface area contributed by atoms with Crippen molar-refractivity contribution in [1.29, 1.82) is 0 Å². The number of amides is 1. The Labute approximate surface area is 230 Å². The summed E-state index contributed by atoms with van der Waals surface area (Å²) in [5.74, 6) is 1.28. The molecular weight excluding hydrogens is 514 g/mol. The molecule has 3 aromatic rings. The number of sulfone groups is 1. The highest BCUT2D eigenvalue weighted by atomic mass is 32.2. The van der Waals surface area contributed by atoms with Gasteiger partial charge in [-0.1, -0.05) is 19.1 Å². The lowest BCUT2D eigenvalue weighted by Crippen LogP contribution is -2.39. The average molecular weight is 552 g/mol. The van der Waals surface area contributed by atoms with Gasteiger partial charge in [-0.25, -0.2) is 13.4 Å². The lowest BCUT2D eigenvalue weighted by atomic mass is 9.96. The third-order valence-corrected chi connectivity index (χ3v) is 8.95. The molecule has 1 amide bonds. The lowest BCUT2D eigenvalue weighted by Gasteiger charge is -2.35. The van der Waals surface area contributed by atoms with Crippen molar-refractivity contribution >= 4 is 27.2 Å². The third kappa shape index (κ3) is 5.54. The number of fused-ring (bicyclic) bond motifs is 1. The molecule has 3 aliphatic rings. The molecule has 2 saturated heterocycles. The van der Waals surface area contributed by atoms with Crippen molar-refractivity contribution < 1.29 is 17.9 Å². The SMILES string of the molecule is CCc1ccc(CS(C)(=O)=O)c(C(=O)N2CCCC[C@H]2c2cc3nc(C4CC4)cc(N4CCOCC4)n3n2)c1. The van der Waals surface area contributed by atoms with E-state index in [2.05, 4.69) is 11.0 Å². The Hall–Kier alpha value is -2.98. The van der Waals surface area contributed by atoms with Gasteiger partial charge in [0.15, 0.2) is 15.5 Å². The van der Waals surface area contributed by atoms with Crippen LogP contribution in [-0.4, -0.2) is 72.9 Å².